The molecule has 1 amide bonds. The largest absolute Gasteiger partial charge is 0.478 e. The molecule has 3 N–H and O–H groups in total. The van der Waals surface area contributed by atoms with Crippen LogP contribution in [0.5, 0.6) is 0 Å². The molecule has 0 bridgehead atoms. The number of anilines is 1. The van der Waals surface area contributed by atoms with E-state index in [4.69, 9.17) is 10.2 Å². The number of hydrogen-bond donors (Lipinski definition) is 3. The van der Waals surface area contributed by atoms with Gasteiger partial charge in [0.05, 0.1) is 0 Å². The minimum atomic E-state index is -1.02. The van der Waals surface area contributed by atoms with E-state index in [9.17, 15) is 9.59 Å². The zero-order chi connectivity index (χ0) is 13.3. The highest BCUT2D eigenvalue weighted by molar-refractivity contribution is 5.83. The van der Waals surface area contributed by atoms with Gasteiger partial charge in [-0.25, -0.2) is 9.59 Å². The molecular weight excluding hydrogens is 222 g/mol. The minimum Gasteiger partial charge on any atom is -0.478 e. The van der Waals surface area contributed by atoms with Crippen LogP contribution in [-0.4, -0.2) is 22.3 Å². The van der Waals surface area contributed by atoms with Crippen LogP contribution in [-0.2, 0) is 11.2 Å². The van der Waals surface area contributed by atoms with E-state index in [1.807, 2.05) is 25.1 Å². The summed E-state index contributed by atoms with van der Waals surface area (Å²) in [6, 6.07) is 7.37. The van der Waals surface area contributed by atoms with Crippen LogP contribution in [0.3, 0.4) is 0 Å². The first-order valence-corrected chi connectivity index (χ1v) is 4.94. The molecule has 0 spiro atoms. The molecule has 0 fully saturated rings. The average Bonchev–Trinajstić information content (AvgIpc) is 2.29. The third-order valence-corrected chi connectivity index (χ3v) is 1.81. The number of carboxylic acids is 1. The number of hydrogen-bond acceptors (Lipinski definition) is 2. The van der Waals surface area contributed by atoms with Gasteiger partial charge < -0.3 is 10.2 Å². The van der Waals surface area contributed by atoms with E-state index < -0.39 is 12.1 Å². The monoisotopic (exact) mass is 237 g/mol. The molecule has 1 aromatic carbocycles. The summed E-state index contributed by atoms with van der Waals surface area (Å²) < 4.78 is 0. The predicted molar refractivity (Wildman–Crippen MR) is 65.3 cm³/mol. The molecule has 0 saturated heterocycles. The summed E-state index contributed by atoms with van der Waals surface area (Å²) in [5, 5.41) is 18.4. The average molecular weight is 237 g/mol. The molecular formula is C12H15NO4. The first kappa shape index (κ1) is 14.7. The SMILES string of the molecule is C=CC(=O)O.CCc1ccccc1NC(=O)O. The first-order valence-electron chi connectivity index (χ1n) is 4.94. The number of amides is 1. The molecule has 92 valence electrons. The van der Waals surface area contributed by atoms with E-state index in [0.717, 1.165) is 18.1 Å². The molecule has 1 aromatic rings. The lowest BCUT2D eigenvalue weighted by atomic mass is 10.1. The molecule has 0 aromatic heterocycles. The highest BCUT2D eigenvalue weighted by Crippen LogP contribution is 2.14. The van der Waals surface area contributed by atoms with Crippen LogP contribution in [0.2, 0.25) is 0 Å². The maximum atomic E-state index is 10.3. The fourth-order valence-corrected chi connectivity index (χ4v) is 1.07. The molecule has 0 aliphatic heterocycles. The Balaban J connectivity index is 0.000000437. The quantitative estimate of drug-likeness (QED) is 0.705. The lowest BCUT2D eigenvalue weighted by molar-refractivity contribution is -0.131. The van der Waals surface area contributed by atoms with Crippen molar-refractivity contribution in [1.29, 1.82) is 0 Å². The van der Waals surface area contributed by atoms with Crippen LogP contribution in [0, 0.1) is 0 Å². The Hall–Kier alpha value is -2.30. The summed E-state index contributed by atoms with van der Waals surface area (Å²) in [5.41, 5.74) is 1.69. The molecule has 0 atom stereocenters. The van der Waals surface area contributed by atoms with Gasteiger partial charge in [-0.3, -0.25) is 5.32 Å². The Morgan fingerprint density at radius 2 is 1.88 bits per heavy atom. The molecule has 0 heterocycles. The molecule has 0 saturated carbocycles. The second kappa shape index (κ2) is 7.92. The molecule has 17 heavy (non-hydrogen) atoms. The van der Waals surface area contributed by atoms with E-state index in [0.29, 0.717) is 5.69 Å². The molecule has 0 aliphatic carbocycles. The molecule has 0 radical (unpaired) electrons. The second-order valence-corrected chi connectivity index (χ2v) is 2.98. The van der Waals surface area contributed by atoms with Crippen molar-refractivity contribution in [2.24, 2.45) is 0 Å². The molecule has 0 aliphatic rings. The number of aliphatic carboxylic acids is 1. The van der Waals surface area contributed by atoms with Gasteiger partial charge in [0.15, 0.2) is 0 Å². The highest BCUT2D eigenvalue weighted by atomic mass is 16.4. The third kappa shape index (κ3) is 6.72. The normalized spacial score (nSPS) is 8.53. The molecule has 1 rings (SSSR count). The first-order chi connectivity index (χ1) is 8.01. The van der Waals surface area contributed by atoms with Crippen LogP contribution in [0.1, 0.15) is 12.5 Å². The summed E-state index contributed by atoms with van der Waals surface area (Å²) in [7, 11) is 0. The van der Waals surface area contributed by atoms with Crippen LogP contribution in [0.25, 0.3) is 0 Å². The summed E-state index contributed by atoms with van der Waals surface area (Å²) in [5.74, 6) is -0.981. The number of aryl methyl sites for hydroxylation is 1. The Bertz CT molecular complexity index is 401. The zero-order valence-corrected chi connectivity index (χ0v) is 9.51. The van der Waals surface area contributed by atoms with Gasteiger partial charge in [-0.15, -0.1) is 0 Å². The third-order valence-electron chi connectivity index (χ3n) is 1.81. The standard InChI is InChI=1S/C9H11NO2.C3H4O2/c1-2-7-5-3-4-6-8(7)10-9(11)12;1-2-3(4)5/h3-6,10H,2H2,1H3,(H,11,12);2H,1H2,(H,4,5). The van der Waals surface area contributed by atoms with Crippen molar-refractivity contribution >= 4 is 17.7 Å². The molecule has 0 unspecified atom stereocenters. The number of rotatable bonds is 3. The highest BCUT2D eigenvalue weighted by Gasteiger charge is 2.01. The van der Waals surface area contributed by atoms with Gasteiger partial charge in [0.2, 0.25) is 0 Å². The zero-order valence-electron chi connectivity index (χ0n) is 9.51. The van der Waals surface area contributed by atoms with Gasteiger partial charge in [-0.2, -0.15) is 0 Å². The van der Waals surface area contributed by atoms with Crippen molar-refractivity contribution in [2.75, 3.05) is 5.32 Å². The Morgan fingerprint density at radius 1 is 1.35 bits per heavy atom. The summed E-state index contributed by atoms with van der Waals surface area (Å²) in [6.07, 6.45) is 0.645. The number of para-hydroxylation sites is 1. The van der Waals surface area contributed by atoms with Crippen LogP contribution in [0.4, 0.5) is 10.5 Å². The van der Waals surface area contributed by atoms with Crippen molar-refractivity contribution in [3.63, 3.8) is 0 Å². The van der Waals surface area contributed by atoms with Crippen LogP contribution < -0.4 is 5.32 Å². The van der Waals surface area contributed by atoms with Gasteiger partial charge in [-0.05, 0) is 18.1 Å². The Morgan fingerprint density at radius 3 is 2.29 bits per heavy atom. The minimum absolute atomic E-state index is 0.674. The van der Waals surface area contributed by atoms with E-state index >= 15 is 0 Å². The lowest BCUT2D eigenvalue weighted by Crippen LogP contribution is -2.08. The number of nitrogens with one attached hydrogen (secondary N) is 1. The van der Waals surface area contributed by atoms with Crippen molar-refractivity contribution in [1.82, 2.24) is 0 Å². The predicted octanol–water partition coefficient (Wildman–Crippen LogP) is 2.60. The van der Waals surface area contributed by atoms with E-state index in [1.165, 1.54) is 0 Å². The van der Waals surface area contributed by atoms with Gasteiger partial charge in [-0.1, -0.05) is 31.7 Å². The summed E-state index contributed by atoms with van der Waals surface area (Å²) in [6.45, 7) is 4.95. The topological polar surface area (TPSA) is 86.6 Å². The van der Waals surface area contributed by atoms with Crippen molar-refractivity contribution in [2.45, 2.75) is 13.3 Å². The Kier molecular flexibility index (Phi) is 6.85. The van der Waals surface area contributed by atoms with Gasteiger partial charge >= 0.3 is 12.1 Å². The number of benzene rings is 1. The van der Waals surface area contributed by atoms with E-state index in [1.54, 1.807) is 6.07 Å². The maximum Gasteiger partial charge on any atom is 0.409 e. The lowest BCUT2D eigenvalue weighted by Gasteiger charge is -2.05. The van der Waals surface area contributed by atoms with Crippen LogP contribution >= 0.6 is 0 Å². The van der Waals surface area contributed by atoms with Crippen LogP contribution in [0.15, 0.2) is 36.9 Å². The van der Waals surface area contributed by atoms with E-state index in [2.05, 4.69) is 11.9 Å². The van der Waals surface area contributed by atoms with Gasteiger partial charge in [0, 0.05) is 11.8 Å². The number of carboxylic acid groups (broad SMARTS) is 2. The maximum absolute atomic E-state index is 10.3. The van der Waals surface area contributed by atoms with Gasteiger partial charge in [0.1, 0.15) is 0 Å². The molecule has 5 heteroatoms. The van der Waals surface area contributed by atoms with Gasteiger partial charge in [0.25, 0.3) is 0 Å². The summed E-state index contributed by atoms with van der Waals surface area (Å²) >= 11 is 0. The second-order valence-electron chi connectivity index (χ2n) is 2.98. The Labute approximate surface area is 99.4 Å². The smallest absolute Gasteiger partial charge is 0.409 e. The van der Waals surface area contributed by atoms with Crippen molar-refractivity contribution < 1.29 is 19.8 Å². The van der Waals surface area contributed by atoms with E-state index in [-0.39, 0.29) is 0 Å². The fraction of sp³-hybridized carbons (Fsp3) is 0.167. The summed E-state index contributed by atoms with van der Waals surface area (Å²) in [4.78, 5) is 19.6. The van der Waals surface area contributed by atoms with Crippen molar-refractivity contribution in [3.8, 4) is 0 Å². The molecule has 5 nitrogen and oxygen atoms in total. The van der Waals surface area contributed by atoms with Crippen molar-refractivity contribution in [3.05, 3.63) is 42.5 Å². The number of carbonyl (C=O) groups is 2. The fourth-order valence-electron chi connectivity index (χ4n) is 1.07.